The Bertz CT molecular complexity index is 1490. The molecule has 5 nitrogen and oxygen atoms in total. The molecule has 0 aromatic heterocycles. The molecule has 42 heavy (non-hydrogen) atoms. The molecule has 1 heterocycles. The first-order valence-corrected chi connectivity index (χ1v) is 17.1. The van der Waals surface area contributed by atoms with Crippen LogP contribution in [0.5, 0.6) is 11.5 Å². The molecule has 0 spiro atoms. The van der Waals surface area contributed by atoms with Gasteiger partial charge in [-0.2, -0.15) is 0 Å². The third-order valence-corrected chi connectivity index (χ3v) is 10.1. The first-order chi connectivity index (χ1) is 20.6. The lowest BCUT2D eigenvalue weighted by molar-refractivity contribution is -0.124. The third kappa shape index (κ3) is 6.73. The number of nitrogens with zero attached hydrogens (tertiary/aromatic N) is 2. The van der Waals surface area contributed by atoms with Crippen LogP contribution >= 0.6 is 27.7 Å². The lowest BCUT2D eigenvalue weighted by atomic mass is 9.94. The van der Waals surface area contributed by atoms with Crippen molar-refractivity contribution in [2.75, 3.05) is 6.61 Å². The third-order valence-electron chi connectivity index (χ3n) is 8.47. The molecule has 0 N–H and O–H groups in total. The number of fused-ring (bicyclic) bond motifs is 1. The van der Waals surface area contributed by atoms with E-state index in [0.29, 0.717) is 30.8 Å². The molecule has 220 valence electrons. The van der Waals surface area contributed by atoms with Crippen LogP contribution in [0.3, 0.4) is 0 Å². The number of rotatable bonds is 8. The van der Waals surface area contributed by atoms with Gasteiger partial charge >= 0.3 is 0 Å². The average molecular weight is 648 g/mol. The number of thioether (sulfide) groups is 1. The van der Waals surface area contributed by atoms with E-state index in [0.717, 1.165) is 51.4 Å². The van der Waals surface area contributed by atoms with Gasteiger partial charge in [-0.3, -0.25) is 14.7 Å². The molecule has 3 aromatic rings. The van der Waals surface area contributed by atoms with E-state index in [1.54, 1.807) is 11.8 Å². The van der Waals surface area contributed by atoms with Crippen molar-refractivity contribution in [2.45, 2.75) is 89.8 Å². The molecule has 1 aliphatic heterocycles. The zero-order valence-electron chi connectivity index (χ0n) is 24.3. The van der Waals surface area contributed by atoms with Crippen molar-refractivity contribution < 1.29 is 14.3 Å². The standard InChI is InChI=1S/C35H39BrN2O3S/c1-2-40-31-21-25(20-30(36)33(31)41-23-24-17-18-26-11-9-10-12-27(26)19-24)22-32-34(39)38(29-15-7-4-8-16-29)35(42-32)37-28-13-5-3-6-14-28/h9-12,17-22,28-29H,2-8,13-16,23H2,1H3. The summed E-state index contributed by atoms with van der Waals surface area (Å²) in [6, 6.07) is 19.3. The second kappa shape index (κ2) is 13.7. The van der Waals surface area contributed by atoms with E-state index >= 15 is 0 Å². The van der Waals surface area contributed by atoms with Crippen molar-refractivity contribution in [1.82, 2.24) is 4.90 Å². The summed E-state index contributed by atoms with van der Waals surface area (Å²) in [5.74, 6) is 1.42. The molecule has 7 heteroatoms. The highest BCUT2D eigenvalue weighted by molar-refractivity contribution is 9.10. The SMILES string of the molecule is CCOc1cc(C=C2SC(=NC3CCCCC3)N(C3CCCCC3)C2=O)cc(Br)c1OCc1ccc2ccccc2c1. The predicted molar refractivity (Wildman–Crippen MR) is 177 cm³/mol. The molecule has 0 radical (unpaired) electrons. The van der Waals surface area contributed by atoms with Crippen LogP contribution in [0.2, 0.25) is 0 Å². The van der Waals surface area contributed by atoms with E-state index in [9.17, 15) is 4.79 Å². The Morgan fingerprint density at radius 2 is 1.67 bits per heavy atom. The molecule has 3 aromatic carbocycles. The quantitative estimate of drug-likeness (QED) is 0.229. The molecule has 1 amide bonds. The monoisotopic (exact) mass is 646 g/mol. The lowest BCUT2D eigenvalue weighted by Crippen LogP contribution is -2.41. The van der Waals surface area contributed by atoms with E-state index in [2.05, 4.69) is 58.4 Å². The highest BCUT2D eigenvalue weighted by atomic mass is 79.9. The first-order valence-electron chi connectivity index (χ1n) is 15.5. The number of aliphatic imine (C=N–C) groups is 1. The van der Waals surface area contributed by atoms with E-state index in [-0.39, 0.29) is 11.9 Å². The van der Waals surface area contributed by atoms with Crippen molar-refractivity contribution in [3.63, 3.8) is 0 Å². The van der Waals surface area contributed by atoms with Gasteiger partial charge in [0, 0.05) is 6.04 Å². The van der Waals surface area contributed by atoms with Gasteiger partial charge in [0.2, 0.25) is 0 Å². The molecule has 6 rings (SSSR count). The molecular weight excluding hydrogens is 608 g/mol. The topological polar surface area (TPSA) is 51.1 Å². The molecule has 3 fully saturated rings. The summed E-state index contributed by atoms with van der Waals surface area (Å²) in [6.45, 7) is 2.91. The van der Waals surface area contributed by atoms with Crippen molar-refractivity contribution in [3.05, 3.63) is 75.1 Å². The summed E-state index contributed by atoms with van der Waals surface area (Å²) < 4.78 is 13.1. The fourth-order valence-electron chi connectivity index (χ4n) is 6.31. The minimum Gasteiger partial charge on any atom is -0.490 e. The fourth-order valence-corrected chi connectivity index (χ4v) is 8.00. The van der Waals surface area contributed by atoms with E-state index in [1.165, 1.54) is 49.3 Å². The largest absolute Gasteiger partial charge is 0.490 e. The summed E-state index contributed by atoms with van der Waals surface area (Å²) in [7, 11) is 0. The number of carbonyl (C=O) groups excluding carboxylic acids is 1. The van der Waals surface area contributed by atoms with Gasteiger partial charge in [0.05, 0.1) is 22.0 Å². The average Bonchev–Trinajstić information content (AvgIpc) is 3.31. The second-order valence-electron chi connectivity index (χ2n) is 11.5. The number of halogens is 1. The Morgan fingerprint density at radius 1 is 0.929 bits per heavy atom. The molecule has 3 aliphatic rings. The van der Waals surface area contributed by atoms with Gasteiger partial charge in [0.25, 0.3) is 5.91 Å². The van der Waals surface area contributed by atoms with Gasteiger partial charge < -0.3 is 9.47 Å². The van der Waals surface area contributed by atoms with Gasteiger partial charge in [-0.15, -0.1) is 0 Å². The Labute approximate surface area is 261 Å². The molecule has 0 bridgehead atoms. The highest BCUT2D eigenvalue weighted by Gasteiger charge is 2.39. The number of hydrogen-bond donors (Lipinski definition) is 0. The summed E-state index contributed by atoms with van der Waals surface area (Å²) >= 11 is 5.28. The molecule has 2 saturated carbocycles. The minimum absolute atomic E-state index is 0.0900. The van der Waals surface area contributed by atoms with Crippen molar-refractivity contribution >= 4 is 55.6 Å². The number of amides is 1. The van der Waals surface area contributed by atoms with Crippen LogP contribution < -0.4 is 9.47 Å². The van der Waals surface area contributed by atoms with E-state index < -0.39 is 0 Å². The molecule has 0 unspecified atom stereocenters. The zero-order chi connectivity index (χ0) is 28.9. The van der Waals surface area contributed by atoms with Gasteiger partial charge in [0.15, 0.2) is 16.7 Å². The van der Waals surface area contributed by atoms with E-state index in [1.807, 2.05) is 30.0 Å². The summed E-state index contributed by atoms with van der Waals surface area (Å²) in [5.41, 5.74) is 2.00. The molecular formula is C35H39BrN2O3S. The highest BCUT2D eigenvalue weighted by Crippen LogP contribution is 2.41. The number of hydrogen-bond acceptors (Lipinski definition) is 5. The summed E-state index contributed by atoms with van der Waals surface area (Å²) in [4.78, 5) is 21.8. The normalized spacial score (nSPS) is 20.6. The number of ether oxygens (including phenoxy) is 2. The maximum atomic E-state index is 13.9. The van der Waals surface area contributed by atoms with Crippen LogP contribution in [0.25, 0.3) is 16.8 Å². The van der Waals surface area contributed by atoms with Gasteiger partial charge in [0.1, 0.15) is 6.61 Å². The fraction of sp³-hybridized carbons (Fsp3) is 0.429. The lowest BCUT2D eigenvalue weighted by Gasteiger charge is -2.31. The van der Waals surface area contributed by atoms with Crippen LogP contribution in [0.4, 0.5) is 0 Å². The number of benzene rings is 3. The van der Waals surface area contributed by atoms with Crippen LogP contribution in [0.1, 0.15) is 82.3 Å². The second-order valence-corrected chi connectivity index (χ2v) is 13.4. The van der Waals surface area contributed by atoms with Crippen LogP contribution in [-0.4, -0.2) is 34.7 Å². The van der Waals surface area contributed by atoms with Crippen molar-refractivity contribution in [1.29, 1.82) is 0 Å². The van der Waals surface area contributed by atoms with Crippen LogP contribution in [0.15, 0.2) is 69.0 Å². The van der Waals surface area contributed by atoms with Gasteiger partial charge in [-0.25, -0.2) is 0 Å². The maximum Gasteiger partial charge on any atom is 0.266 e. The summed E-state index contributed by atoms with van der Waals surface area (Å²) in [5, 5.41) is 3.31. The first kappa shape index (κ1) is 29.3. The van der Waals surface area contributed by atoms with Gasteiger partial charge in [-0.1, -0.05) is 74.9 Å². The Hall–Kier alpha value is -2.77. The Balaban J connectivity index is 1.25. The van der Waals surface area contributed by atoms with Crippen molar-refractivity contribution in [3.8, 4) is 11.5 Å². The van der Waals surface area contributed by atoms with Crippen LogP contribution in [-0.2, 0) is 11.4 Å². The zero-order valence-corrected chi connectivity index (χ0v) is 26.7. The van der Waals surface area contributed by atoms with Gasteiger partial charge in [-0.05, 0) is 106 Å². The molecule has 1 saturated heterocycles. The summed E-state index contributed by atoms with van der Waals surface area (Å²) in [6.07, 6.45) is 13.7. The maximum absolute atomic E-state index is 13.9. The molecule has 0 atom stereocenters. The Kier molecular flexibility index (Phi) is 9.55. The Morgan fingerprint density at radius 3 is 2.43 bits per heavy atom. The van der Waals surface area contributed by atoms with Crippen molar-refractivity contribution in [2.24, 2.45) is 4.99 Å². The van der Waals surface area contributed by atoms with Crippen LogP contribution in [0, 0.1) is 0 Å². The number of carbonyl (C=O) groups is 1. The minimum atomic E-state index is 0.0900. The van der Waals surface area contributed by atoms with E-state index in [4.69, 9.17) is 14.5 Å². The smallest absolute Gasteiger partial charge is 0.266 e. The number of amidine groups is 1. The molecule has 2 aliphatic carbocycles. The predicted octanol–water partition coefficient (Wildman–Crippen LogP) is 9.52.